The van der Waals surface area contributed by atoms with Crippen molar-refractivity contribution in [3.05, 3.63) is 72.6 Å². The first-order chi connectivity index (χ1) is 12.9. The van der Waals surface area contributed by atoms with Crippen LogP contribution in [-0.4, -0.2) is 16.0 Å². The van der Waals surface area contributed by atoms with Crippen LogP contribution >= 0.6 is 0 Å². The van der Waals surface area contributed by atoms with Crippen LogP contribution in [0.4, 0.5) is 0 Å². The number of rotatable bonds is 3. The SMILES string of the molecule is [HH].c1cncc(-c2ccc(-c3onc4ccc(C5=NNNN5)cc34)cc2)c1. The molecule has 5 rings (SSSR count). The maximum Gasteiger partial charge on any atom is 0.174 e. The normalized spacial score (nSPS) is 13.3. The van der Waals surface area contributed by atoms with Gasteiger partial charge in [0.1, 0.15) is 5.52 Å². The van der Waals surface area contributed by atoms with E-state index in [1.54, 1.807) is 6.20 Å². The summed E-state index contributed by atoms with van der Waals surface area (Å²) < 4.78 is 5.61. The van der Waals surface area contributed by atoms with E-state index in [2.05, 4.69) is 43.9 Å². The standard InChI is InChI=1S/C19H14N6O.H2/c1-2-15(11-20-9-1)12-3-5-13(6-4-12)18-16-10-14(19-21-24-25-22-19)7-8-17(16)23-26-18;/h1-11,24-25H,(H,21,22);1H. The minimum absolute atomic E-state index is 0. The van der Waals surface area contributed by atoms with Crippen molar-refractivity contribution in [1.82, 2.24) is 26.6 Å². The highest BCUT2D eigenvalue weighted by Gasteiger charge is 2.14. The molecule has 7 nitrogen and oxygen atoms in total. The van der Waals surface area contributed by atoms with Crippen LogP contribution in [0.1, 0.15) is 6.99 Å². The van der Waals surface area contributed by atoms with E-state index in [-0.39, 0.29) is 1.43 Å². The molecule has 0 amide bonds. The smallest absolute Gasteiger partial charge is 0.174 e. The molecule has 7 heteroatoms. The Kier molecular flexibility index (Phi) is 3.36. The minimum Gasteiger partial charge on any atom is -0.355 e. The zero-order chi connectivity index (χ0) is 17.3. The minimum atomic E-state index is 0. The van der Waals surface area contributed by atoms with E-state index in [1.165, 1.54) is 0 Å². The van der Waals surface area contributed by atoms with Crippen LogP contribution in [0.15, 0.2) is 76.6 Å². The van der Waals surface area contributed by atoms with Gasteiger partial charge in [0.15, 0.2) is 11.6 Å². The van der Waals surface area contributed by atoms with Crippen molar-refractivity contribution in [3.8, 4) is 22.5 Å². The largest absolute Gasteiger partial charge is 0.355 e. The second-order valence-electron chi connectivity index (χ2n) is 5.88. The van der Waals surface area contributed by atoms with Gasteiger partial charge in [0, 0.05) is 24.9 Å². The van der Waals surface area contributed by atoms with Crippen LogP contribution < -0.4 is 16.5 Å². The molecule has 26 heavy (non-hydrogen) atoms. The first-order valence-corrected chi connectivity index (χ1v) is 8.13. The van der Waals surface area contributed by atoms with Gasteiger partial charge in [-0.25, -0.2) is 5.53 Å². The third-order valence-electron chi connectivity index (χ3n) is 4.30. The van der Waals surface area contributed by atoms with Gasteiger partial charge in [-0.1, -0.05) is 35.5 Å². The molecule has 128 valence electrons. The van der Waals surface area contributed by atoms with E-state index < -0.39 is 0 Å². The third kappa shape index (κ3) is 2.47. The lowest BCUT2D eigenvalue weighted by Gasteiger charge is -2.03. The van der Waals surface area contributed by atoms with E-state index in [0.717, 1.165) is 38.9 Å². The fraction of sp³-hybridized carbons (Fsp3) is 0. The molecule has 1 aliphatic rings. The number of hydrogen-bond acceptors (Lipinski definition) is 7. The predicted molar refractivity (Wildman–Crippen MR) is 101 cm³/mol. The zero-order valence-electron chi connectivity index (χ0n) is 13.6. The maximum atomic E-state index is 5.61. The van der Waals surface area contributed by atoms with Gasteiger partial charge in [-0.05, 0) is 35.4 Å². The summed E-state index contributed by atoms with van der Waals surface area (Å²) in [6, 6.07) is 18.0. The van der Waals surface area contributed by atoms with Crippen LogP contribution in [0, 0.1) is 0 Å². The van der Waals surface area contributed by atoms with E-state index in [1.807, 2.05) is 48.7 Å². The fourth-order valence-electron chi connectivity index (χ4n) is 2.98. The number of aromatic nitrogens is 2. The van der Waals surface area contributed by atoms with Crippen molar-refractivity contribution in [2.24, 2.45) is 5.10 Å². The molecule has 0 fully saturated rings. The lowest BCUT2D eigenvalue weighted by atomic mass is 10.0. The topological polar surface area (TPSA) is 87.4 Å². The Balaban J connectivity index is 0.00000180. The average molecular weight is 344 g/mol. The van der Waals surface area contributed by atoms with Gasteiger partial charge in [0.2, 0.25) is 0 Å². The van der Waals surface area contributed by atoms with Crippen LogP contribution in [0.25, 0.3) is 33.4 Å². The Bertz CT molecular complexity index is 1110. The first-order valence-electron chi connectivity index (χ1n) is 8.13. The highest BCUT2D eigenvalue weighted by Crippen LogP contribution is 2.31. The molecule has 1 aliphatic heterocycles. The predicted octanol–water partition coefficient (Wildman–Crippen LogP) is 3.08. The molecule has 4 aromatic rings. The van der Waals surface area contributed by atoms with Gasteiger partial charge >= 0.3 is 0 Å². The van der Waals surface area contributed by atoms with E-state index >= 15 is 0 Å². The Hall–Kier alpha value is -3.71. The summed E-state index contributed by atoms with van der Waals surface area (Å²) in [5.74, 6) is 1.45. The van der Waals surface area contributed by atoms with E-state index in [9.17, 15) is 0 Å². The van der Waals surface area contributed by atoms with Crippen molar-refractivity contribution in [3.63, 3.8) is 0 Å². The quantitative estimate of drug-likeness (QED) is 0.529. The molecule has 0 aliphatic carbocycles. The summed E-state index contributed by atoms with van der Waals surface area (Å²) in [5.41, 5.74) is 13.2. The van der Waals surface area contributed by atoms with Crippen molar-refractivity contribution in [1.29, 1.82) is 0 Å². The molecule has 3 heterocycles. The Morgan fingerprint density at radius 3 is 2.50 bits per heavy atom. The monoisotopic (exact) mass is 344 g/mol. The molecule has 0 unspecified atom stereocenters. The molecule has 0 radical (unpaired) electrons. The zero-order valence-corrected chi connectivity index (χ0v) is 13.6. The number of hydrazone groups is 1. The van der Waals surface area contributed by atoms with E-state index in [0.29, 0.717) is 5.84 Å². The van der Waals surface area contributed by atoms with Gasteiger partial charge in [0.25, 0.3) is 0 Å². The second-order valence-corrected chi connectivity index (χ2v) is 5.88. The number of nitrogens with zero attached hydrogens (tertiary/aromatic N) is 3. The third-order valence-corrected chi connectivity index (χ3v) is 4.30. The Morgan fingerprint density at radius 2 is 1.73 bits per heavy atom. The number of pyridine rings is 1. The molecule has 0 spiro atoms. The van der Waals surface area contributed by atoms with Crippen molar-refractivity contribution >= 4 is 16.7 Å². The maximum absolute atomic E-state index is 5.61. The number of nitrogens with one attached hydrogen (secondary N) is 3. The van der Waals surface area contributed by atoms with Crippen LogP contribution in [0.2, 0.25) is 0 Å². The van der Waals surface area contributed by atoms with Gasteiger partial charge in [0.05, 0.1) is 5.39 Å². The number of benzene rings is 2. The fourth-order valence-corrected chi connectivity index (χ4v) is 2.98. The molecule has 0 bridgehead atoms. The van der Waals surface area contributed by atoms with Crippen molar-refractivity contribution in [2.75, 3.05) is 0 Å². The molecule has 0 saturated carbocycles. The summed E-state index contributed by atoms with van der Waals surface area (Å²) in [7, 11) is 0. The molecular weight excluding hydrogens is 328 g/mol. The highest BCUT2D eigenvalue weighted by molar-refractivity contribution is 6.03. The number of hydrogen-bond donors (Lipinski definition) is 3. The molecule has 0 atom stereocenters. The number of hydrazine groups is 2. The summed E-state index contributed by atoms with van der Waals surface area (Å²) in [6.45, 7) is 0. The molecule has 3 N–H and O–H groups in total. The number of amidine groups is 1. The highest BCUT2D eigenvalue weighted by atomic mass is 16.5. The second kappa shape index (κ2) is 5.98. The summed E-state index contributed by atoms with van der Waals surface area (Å²) in [5, 5.41) is 9.24. The Labute approximate surface area is 150 Å². The summed E-state index contributed by atoms with van der Waals surface area (Å²) in [4.78, 5) is 4.17. The van der Waals surface area contributed by atoms with Crippen LogP contribution in [-0.2, 0) is 0 Å². The lowest BCUT2D eigenvalue weighted by molar-refractivity contribution is 0.441. The summed E-state index contributed by atoms with van der Waals surface area (Å²) in [6.07, 6.45) is 3.62. The first kappa shape index (κ1) is 14.6. The van der Waals surface area contributed by atoms with Gasteiger partial charge in [-0.15, -0.1) is 10.6 Å². The lowest BCUT2D eigenvalue weighted by Crippen LogP contribution is -2.35. The van der Waals surface area contributed by atoms with Gasteiger partial charge in [-0.3, -0.25) is 10.4 Å². The van der Waals surface area contributed by atoms with Crippen molar-refractivity contribution in [2.45, 2.75) is 0 Å². The molecular formula is C19H16N6O. The molecule has 2 aromatic carbocycles. The van der Waals surface area contributed by atoms with Crippen LogP contribution in [0.3, 0.4) is 0 Å². The van der Waals surface area contributed by atoms with Gasteiger partial charge < -0.3 is 4.52 Å². The Morgan fingerprint density at radius 1 is 0.885 bits per heavy atom. The molecule has 2 aromatic heterocycles. The van der Waals surface area contributed by atoms with Gasteiger partial charge in [-0.2, -0.15) is 0 Å². The number of fused-ring (bicyclic) bond motifs is 1. The van der Waals surface area contributed by atoms with Crippen LogP contribution in [0.5, 0.6) is 0 Å². The van der Waals surface area contributed by atoms with Crippen molar-refractivity contribution < 1.29 is 5.95 Å². The van der Waals surface area contributed by atoms with E-state index in [4.69, 9.17) is 4.52 Å². The summed E-state index contributed by atoms with van der Waals surface area (Å²) >= 11 is 0. The molecule has 0 saturated heterocycles. The average Bonchev–Trinajstić information content (AvgIpc) is 3.38.